The molecule has 2 rings (SSSR count). The van der Waals surface area contributed by atoms with Gasteiger partial charge in [-0.1, -0.05) is 6.07 Å². The Balaban J connectivity index is 2.14. The van der Waals surface area contributed by atoms with E-state index in [0.29, 0.717) is 11.6 Å². The van der Waals surface area contributed by atoms with Crippen molar-refractivity contribution in [3.05, 3.63) is 18.2 Å². The zero-order valence-electron chi connectivity index (χ0n) is 12.5. The Morgan fingerprint density at radius 2 is 2.00 bits per heavy atom. The Bertz CT molecular complexity index is 581. The Morgan fingerprint density at radius 1 is 1.33 bits per heavy atom. The minimum absolute atomic E-state index is 0.143. The van der Waals surface area contributed by atoms with Crippen LogP contribution in [0.15, 0.2) is 23.1 Å². The Kier molecular flexibility index (Phi) is 5.08. The van der Waals surface area contributed by atoms with E-state index >= 15 is 0 Å². The number of nitrogens with zero attached hydrogens (tertiary/aromatic N) is 1. The van der Waals surface area contributed by atoms with Gasteiger partial charge in [0.2, 0.25) is 10.0 Å². The number of sulfonamides is 1. The number of hydrogen-bond acceptors (Lipinski definition) is 5. The maximum atomic E-state index is 12.2. The van der Waals surface area contributed by atoms with Crippen LogP contribution in [0.5, 0.6) is 0 Å². The van der Waals surface area contributed by atoms with E-state index in [4.69, 9.17) is 10.5 Å². The predicted octanol–water partition coefficient (Wildman–Crippen LogP) is 1.36. The van der Waals surface area contributed by atoms with Crippen LogP contribution < -0.4 is 11.1 Å². The molecule has 0 bridgehead atoms. The van der Waals surface area contributed by atoms with Gasteiger partial charge in [-0.05, 0) is 30.9 Å². The van der Waals surface area contributed by atoms with Gasteiger partial charge in [0, 0.05) is 33.9 Å². The SMILES string of the molecule is CN(C)S(=O)(=O)c1cccc(NCC2CCOCC2)c1N. The van der Waals surface area contributed by atoms with Gasteiger partial charge in [-0.2, -0.15) is 0 Å². The number of para-hydroxylation sites is 1. The topological polar surface area (TPSA) is 84.7 Å². The van der Waals surface area contributed by atoms with E-state index in [1.165, 1.54) is 24.5 Å². The van der Waals surface area contributed by atoms with Crippen molar-refractivity contribution in [3.8, 4) is 0 Å². The summed E-state index contributed by atoms with van der Waals surface area (Å²) in [6.07, 6.45) is 2.03. The van der Waals surface area contributed by atoms with E-state index in [1.54, 1.807) is 6.07 Å². The highest BCUT2D eigenvalue weighted by Gasteiger charge is 2.22. The molecule has 1 aliphatic rings. The van der Waals surface area contributed by atoms with Crippen LogP contribution in [0.2, 0.25) is 0 Å². The van der Waals surface area contributed by atoms with Crippen LogP contribution in [0.3, 0.4) is 0 Å². The van der Waals surface area contributed by atoms with Gasteiger partial charge in [0.05, 0.1) is 11.4 Å². The van der Waals surface area contributed by atoms with Crippen molar-refractivity contribution >= 4 is 21.4 Å². The van der Waals surface area contributed by atoms with Gasteiger partial charge in [0.25, 0.3) is 0 Å². The molecule has 1 aromatic carbocycles. The molecule has 0 aliphatic carbocycles. The lowest BCUT2D eigenvalue weighted by molar-refractivity contribution is 0.0699. The van der Waals surface area contributed by atoms with Crippen molar-refractivity contribution in [2.45, 2.75) is 17.7 Å². The molecular formula is C14H23N3O3S. The van der Waals surface area contributed by atoms with Gasteiger partial charge in [0.15, 0.2) is 0 Å². The van der Waals surface area contributed by atoms with E-state index in [2.05, 4.69) is 5.32 Å². The quantitative estimate of drug-likeness (QED) is 0.802. The Morgan fingerprint density at radius 3 is 2.62 bits per heavy atom. The number of nitrogens with two attached hydrogens (primary N) is 1. The normalized spacial score (nSPS) is 17.1. The summed E-state index contributed by atoms with van der Waals surface area (Å²) in [5.41, 5.74) is 6.98. The molecular weight excluding hydrogens is 290 g/mol. The van der Waals surface area contributed by atoms with Gasteiger partial charge in [-0.15, -0.1) is 0 Å². The number of rotatable bonds is 5. The molecule has 1 aliphatic heterocycles. The number of hydrogen-bond donors (Lipinski definition) is 2. The maximum absolute atomic E-state index is 12.2. The smallest absolute Gasteiger partial charge is 0.244 e. The van der Waals surface area contributed by atoms with Gasteiger partial charge in [-0.3, -0.25) is 0 Å². The second kappa shape index (κ2) is 6.64. The molecule has 3 N–H and O–H groups in total. The van der Waals surface area contributed by atoms with Crippen molar-refractivity contribution in [3.63, 3.8) is 0 Å². The molecule has 0 aromatic heterocycles. The summed E-state index contributed by atoms with van der Waals surface area (Å²) >= 11 is 0. The summed E-state index contributed by atoms with van der Waals surface area (Å²) in [4.78, 5) is 0.143. The monoisotopic (exact) mass is 313 g/mol. The number of anilines is 2. The second-order valence-corrected chi connectivity index (χ2v) is 7.56. The van der Waals surface area contributed by atoms with Crippen molar-refractivity contribution in [1.29, 1.82) is 0 Å². The highest BCUT2D eigenvalue weighted by atomic mass is 32.2. The maximum Gasteiger partial charge on any atom is 0.244 e. The fraction of sp³-hybridized carbons (Fsp3) is 0.571. The number of benzene rings is 1. The molecule has 1 aromatic rings. The second-order valence-electron chi connectivity index (χ2n) is 5.44. The van der Waals surface area contributed by atoms with Crippen LogP contribution >= 0.6 is 0 Å². The molecule has 0 amide bonds. The largest absolute Gasteiger partial charge is 0.396 e. The van der Waals surface area contributed by atoms with Gasteiger partial charge >= 0.3 is 0 Å². The van der Waals surface area contributed by atoms with E-state index in [9.17, 15) is 8.42 Å². The van der Waals surface area contributed by atoms with Crippen molar-refractivity contribution in [1.82, 2.24) is 4.31 Å². The van der Waals surface area contributed by atoms with Crippen LogP contribution in [-0.2, 0) is 14.8 Å². The third kappa shape index (κ3) is 3.66. The first-order valence-corrected chi connectivity index (χ1v) is 8.49. The minimum atomic E-state index is -3.52. The molecule has 21 heavy (non-hydrogen) atoms. The molecule has 6 nitrogen and oxygen atoms in total. The molecule has 7 heteroatoms. The first-order chi connectivity index (χ1) is 9.93. The van der Waals surface area contributed by atoms with Crippen LogP contribution in [0, 0.1) is 5.92 Å². The molecule has 118 valence electrons. The molecule has 0 spiro atoms. The van der Waals surface area contributed by atoms with E-state index < -0.39 is 10.0 Å². The standard InChI is InChI=1S/C14H23N3O3S/c1-17(2)21(18,19)13-5-3-4-12(14(13)15)16-10-11-6-8-20-9-7-11/h3-5,11,16H,6-10,15H2,1-2H3. The highest BCUT2D eigenvalue weighted by molar-refractivity contribution is 7.89. The van der Waals surface area contributed by atoms with Crippen LogP contribution in [0.25, 0.3) is 0 Å². The summed E-state index contributed by atoms with van der Waals surface area (Å²) < 4.78 is 30.9. The summed E-state index contributed by atoms with van der Waals surface area (Å²) in [6, 6.07) is 5.05. The van der Waals surface area contributed by atoms with Crippen molar-refractivity contribution < 1.29 is 13.2 Å². The summed E-state index contributed by atoms with van der Waals surface area (Å²) in [5, 5.41) is 3.27. The molecule has 0 radical (unpaired) electrons. The Hall–Kier alpha value is -1.31. The van der Waals surface area contributed by atoms with Crippen molar-refractivity contribution in [2.24, 2.45) is 5.92 Å². The van der Waals surface area contributed by atoms with Crippen LogP contribution in [0.4, 0.5) is 11.4 Å². The summed E-state index contributed by atoms with van der Waals surface area (Å²) in [5.74, 6) is 0.535. The first kappa shape index (κ1) is 16.1. The first-order valence-electron chi connectivity index (χ1n) is 7.05. The fourth-order valence-corrected chi connectivity index (χ4v) is 3.36. The number of nitrogens with one attached hydrogen (secondary N) is 1. The number of nitrogen functional groups attached to an aromatic ring is 1. The van der Waals surface area contributed by atoms with E-state index in [-0.39, 0.29) is 10.6 Å². The third-order valence-electron chi connectivity index (χ3n) is 3.75. The fourth-order valence-electron chi connectivity index (χ4n) is 2.32. The summed E-state index contributed by atoms with van der Waals surface area (Å²) in [6.45, 7) is 2.35. The molecule has 0 unspecified atom stereocenters. The third-order valence-corrected chi connectivity index (χ3v) is 5.62. The zero-order valence-corrected chi connectivity index (χ0v) is 13.3. The number of ether oxygens (including phenoxy) is 1. The van der Waals surface area contributed by atoms with Gasteiger partial charge in [-0.25, -0.2) is 12.7 Å². The zero-order chi connectivity index (χ0) is 15.5. The van der Waals surface area contributed by atoms with Crippen molar-refractivity contribution in [2.75, 3.05) is 44.9 Å². The lowest BCUT2D eigenvalue weighted by atomic mass is 10.0. The summed E-state index contributed by atoms with van der Waals surface area (Å²) in [7, 11) is -0.531. The average Bonchev–Trinajstić information content (AvgIpc) is 2.47. The highest BCUT2D eigenvalue weighted by Crippen LogP contribution is 2.28. The van der Waals surface area contributed by atoms with E-state index in [1.807, 2.05) is 6.07 Å². The predicted molar refractivity (Wildman–Crippen MR) is 83.8 cm³/mol. The molecule has 1 fully saturated rings. The van der Waals surface area contributed by atoms with Crippen LogP contribution in [-0.4, -0.2) is 46.6 Å². The van der Waals surface area contributed by atoms with Gasteiger partial charge < -0.3 is 15.8 Å². The molecule has 1 heterocycles. The van der Waals surface area contributed by atoms with Crippen LogP contribution in [0.1, 0.15) is 12.8 Å². The molecule has 1 saturated heterocycles. The van der Waals surface area contributed by atoms with Gasteiger partial charge in [0.1, 0.15) is 4.90 Å². The average molecular weight is 313 g/mol. The minimum Gasteiger partial charge on any atom is -0.396 e. The Labute approximate surface area is 126 Å². The lowest BCUT2D eigenvalue weighted by Crippen LogP contribution is -2.25. The lowest BCUT2D eigenvalue weighted by Gasteiger charge is -2.23. The van der Waals surface area contributed by atoms with E-state index in [0.717, 1.165) is 32.6 Å². The molecule has 0 saturated carbocycles. The molecule has 0 atom stereocenters.